The lowest BCUT2D eigenvalue weighted by Crippen LogP contribution is -1.99. The quantitative estimate of drug-likeness (QED) is 0.882. The molecular formula is C11H10ClFN4. The summed E-state index contributed by atoms with van der Waals surface area (Å²) in [6.07, 6.45) is 3.15. The van der Waals surface area contributed by atoms with Gasteiger partial charge < -0.3 is 10.6 Å². The zero-order chi connectivity index (χ0) is 12.3. The Kier molecular flexibility index (Phi) is 3.39. The van der Waals surface area contributed by atoms with Crippen molar-refractivity contribution in [3.63, 3.8) is 0 Å². The number of aromatic nitrogens is 2. The fraction of sp³-hybridized carbons (Fsp3) is 0.0909. The summed E-state index contributed by atoms with van der Waals surface area (Å²) in [5.74, 6) is 0.786. The second-order valence-corrected chi connectivity index (χ2v) is 3.70. The Balaban J connectivity index is 2.25. The van der Waals surface area contributed by atoms with Gasteiger partial charge in [-0.1, -0.05) is 11.6 Å². The molecule has 0 unspecified atom stereocenters. The van der Waals surface area contributed by atoms with Crippen molar-refractivity contribution in [2.24, 2.45) is 0 Å². The number of anilines is 3. The summed E-state index contributed by atoms with van der Waals surface area (Å²) in [7, 11) is 1.75. The minimum absolute atomic E-state index is 0.293. The highest BCUT2D eigenvalue weighted by atomic mass is 35.5. The highest BCUT2D eigenvalue weighted by Gasteiger charge is 2.03. The van der Waals surface area contributed by atoms with E-state index in [4.69, 9.17) is 11.6 Å². The summed E-state index contributed by atoms with van der Waals surface area (Å²) in [5.41, 5.74) is 0.579. The summed E-state index contributed by atoms with van der Waals surface area (Å²) >= 11 is 5.89. The second-order valence-electron chi connectivity index (χ2n) is 3.29. The maximum Gasteiger partial charge on any atom is 0.151 e. The van der Waals surface area contributed by atoms with Crippen molar-refractivity contribution in [2.45, 2.75) is 0 Å². The van der Waals surface area contributed by atoms with E-state index >= 15 is 0 Å². The molecule has 0 radical (unpaired) electrons. The lowest BCUT2D eigenvalue weighted by Gasteiger charge is -2.08. The standard InChI is InChI=1S/C11H10ClFN4/c1-14-10-5-15-6-11(17-10)16-9-3-2-7(13)4-8(9)12/h2-6H,1H3,(H2,14,16,17). The molecule has 0 bridgehead atoms. The van der Waals surface area contributed by atoms with E-state index in [9.17, 15) is 4.39 Å². The Morgan fingerprint density at radius 3 is 2.71 bits per heavy atom. The smallest absolute Gasteiger partial charge is 0.151 e. The van der Waals surface area contributed by atoms with E-state index in [-0.39, 0.29) is 5.82 Å². The molecule has 0 aliphatic heterocycles. The van der Waals surface area contributed by atoms with Crippen LogP contribution >= 0.6 is 11.6 Å². The van der Waals surface area contributed by atoms with Crippen LogP contribution in [0.1, 0.15) is 0 Å². The van der Waals surface area contributed by atoms with Gasteiger partial charge in [-0.15, -0.1) is 0 Å². The molecule has 4 nitrogen and oxygen atoms in total. The molecule has 17 heavy (non-hydrogen) atoms. The van der Waals surface area contributed by atoms with Crippen molar-refractivity contribution in [3.8, 4) is 0 Å². The molecule has 0 fully saturated rings. The second kappa shape index (κ2) is 4.97. The summed E-state index contributed by atoms with van der Waals surface area (Å²) in [6, 6.07) is 4.11. The summed E-state index contributed by atoms with van der Waals surface area (Å²) in [6.45, 7) is 0. The predicted octanol–water partition coefficient (Wildman–Crippen LogP) is 3.05. The Morgan fingerprint density at radius 1 is 1.24 bits per heavy atom. The van der Waals surface area contributed by atoms with Gasteiger partial charge in [0.2, 0.25) is 0 Å². The summed E-state index contributed by atoms with van der Waals surface area (Å²) in [4.78, 5) is 8.21. The van der Waals surface area contributed by atoms with Gasteiger partial charge in [0.15, 0.2) is 5.82 Å². The maximum atomic E-state index is 12.9. The first-order valence-electron chi connectivity index (χ1n) is 4.91. The zero-order valence-corrected chi connectivity index (χ0v) is 9.79. The maximum absolute atomic E-state index is 12.9. The minimum Gasteiger partial charge on any atom is -0.372 e. The first-order chi connectivity index (χ1) is 8.19. The molecule has 0 atom stereocenters. The van der Waals surface area contributed by atoms with Crippen molar-refractivity contribution < 1.29 is 4.39 Å². The molecule has 2 rings (SSSR count). The van der Waals surface area contributed by atoms with Crippen molar-refractivity contribution >= 4 is 28.9 Å². The van der Waals surface area contributed by atoms with Gasteiger partial charge >= 0.3 is 0 Å². The molecule has 0 saturated carbocycles. The van der Waals surface area contributed by atoms with Gasteiger partial charge in [0.25, 0.3) is 0 Å². The molecule has 2 N–H and O–H groups in total. The summed E-state index contributed by atoms with van der Waals surface area (Å²) in [5, 5.41) is 6.13. The third-order valence-corrected chi connectivity index (χ3v) is 2.40. The topological polar surface area (TPSA) is 49.8 Å². The Bertz CT molecular complexity index is 533. The third kappa shape index (κ3) is 2.82. The van der Waals surface area contributed by atoms with E-state index in [1.165, 1.54) is 12.1 Å². The van der Waals surface area contributed by atoms with Crippen LogP contribution in [0.25, 0.3) is 0 Å². The lowest BCUT2D eigenvalue weighted by atomic mass is 10.3. The van der Waals surface area contributed by atoms with E-state index < -0.39 is 0 Å². The first kappa shape index (κ1) is 11.6. The van der Waals surface area contributed by atoms with Crippen molar-refractivity contribution in [1.82, 2.24) is 9.97 Å². The van der Waals surface area contributed by atoms with Crippen molar-refractivity contribution in [1.29, 1.82) is 0 Å². The number of nitrogens with one attached hydrogen (secondary N) is 2. The number of hydrogen-bond donors (Lipinski definition) is 2. The van der Waals surface area contributed by atoms with Crippen LogP contribution in [0.3, 0.4) is 0 Å². The molecule has 1 aromatic carbocycles. The Hall–Kier alpha value is -1.88. The molecule has 88 valence electrons. The van der Waals surface area contributed by atoms with Gasteiger partial charge in [-0.3, -0.25) is 4.98 Å². The van der Waals surface area contributed by atoms with Crippen LogP contribution in [0, 0.1) is 5.82 Å². The van der Waals surface area contributed by atoms with Crippen LogP contribution in [0.5, 0.6) is 0 Å². The Labute approximate surface area is 103 Å². The molecule has 6 heteroatoms. The normalized spacial score (nSPS) is 10.1. The van der Waals surface area contributed by atoms with Gasteiger partial charge in [0.05, 0.1) is 23.1 Å². The van der Waals surface area contributed by atoms with Gasteiger partial charge in [-0.05, 0) is 18.2 Å². The molecule has 2 aromatic rings. The van der Waals surface area contributed by atoms with Crippen LogP contribution < -0.4 is 10.6 Å². The number of benzene rings is 1. The molecule has 0 spiro atoms. The van der Waals surface area contributed by atoms with Gasteiger partial charge in [-0.25, -0.2) is 9.37 Å². The predicted molar refractivity (Wildman–Crippen MR) is 66.3 cm³/mol. The highest BCUT2D eigenvalue weighted by molar-refractivity contribution is 6.33. The minimum atomic E-state index is -0.379. The van der Waals surface area contributed by atoms with Crippen LogP contribution in [0.15, 0.2) is 30.6 Å². The van der Waals surface area contributed by atoms with Gasteiger partial charge in [0.1, 0.15) is 11.6 Å². The number of hydrogen-bond acceptors (Lipinski definition) is 4. The van der Waals surface area contributed by atoms with Gasteiger partial charge in [-0.2, -0.15) is 0 Å². The molecule has 0 aliphatic carbocycles. The molecule has 0 amide bonds. The Morgan fingerprint density at radius 2 is 2.00 bits per heavy atom. The van der Waals surface area contributed by atoms with Gasteiger partial charge in [0, 0.05) is 7.05 Å². The monoisotopic (exact) mass is 252 g/mol. The van der Waals surface area contributed by atoms with Crippen LogP contribution in [0.2, 0.25) is 5.02 Å². The van der Waals surface area contributed by atoms with E-state index in [1.54, 1.807) is 25.5 Å². The number of rotatable bonds is 3. The number of nitrogens with zero attached hydrogens (tertiary/aromatic N) is 2. The fourth-order valence-electron chi connectivity index (χ4n) is 1.28. The average molecular weight is 253 g/mol. The van der Waals surface area contributed by atoms with E-state index in [0.29, 0.717) is 22.3 Å². The van der Waals surface area contributed by atoms with Crippen molar-refractivity contribution in [2.75, 3.05) is 17.7 Å². The largest absolute Gasteiger partial charge is 0.372 e. The lowest BCUT2D eigenvalue weighted by molar-refractivity contribution is 0.628. The molecule has 1 aromatic heterocycles. The van der Waals surface area contributed by atoms with Crippen LogP contribution in [0.4, 0.5) is 21.7 Å². The van der Waals surface area contributed by atoms with Crippen LogP contribution in [-0.4, -0.2) is 17.0 Å². The molecule has 0 saturated heterocycles. The van der Waals surface area contributed by atoms with E-state index in [2.05, 4.69) is 20.6 Å². The SMILES string of the molecule is CNc1cncc(Nc2ccc(F)cc2Cl)n1. The molecule has 1 heterocycles. The zero-order valence-electron chi connectivity index (χ0n) is 9.04. The number of halogens is 2. The average Bonchev–Trinajstić information content (AvgIpc) is 2.33. The molecular weight excluding hydrogens is 243 g/mol. The van der Waals surface area contributed by atoms with Crippen LogP contribution in [-0.2, 0) is 0 Å². The summed E-state index contributed by atoms with van der Waals surface area (Å²) < 4.78 is 12.9. The molecule has 0 aliphatic rings. The highest BCUT2D eigenvalue weighted by Crippen LogP contribution is 2.25. The third-order valence-electron chi connectivity index (χ3n) is 2.08. The van der Waals surface area contributed by atoms with E-state index in [1.807, 2.05) is 0 Å². The fourth-order valence-corrected chi connectivity index (χ4v) is 1.49. The van der Waals surface area contributed by atoms with Crippen molar-refractivity contribution in [3.05, 3.63) is 41.4 Å². The van der Waals surface area contributed by atoms with E-state index in [0.717, 1.165) is 0 Å². The first-order valence-corrected chi connectivity index (χ1v) is 5.28.